The second-order valence-electron chi connectivity index (χ2n) is 11.2. The van der Waals surface area contributed by atoms with Gasteiger partial charge < -0.3 is 34.5 Å². The number of guanidine groups is 1. The van der Waals surface area contributed by atoms with E-state index in [9.17, 15) is 9.59 Å². The number of aromatic nitrogens is 1. The van der Waals surface area contributed by atoms with Gasteiger partial charge in [-0.2, -0.15) is 0 Å². The van der Waals surface area contributed by atoms with E-state index in [1.165, 1.54) is 0 Å². The highest BCUT2D eigenvalue weighted by Crippen LogP contribution is 2.24. The number of fused-ring (bicyclic) bond motifs is 1. The van der Waals surface area contributed by atoms with Crippen LogP contribution in [0.4, 0.5) is 17.2 Å². The summed E-state index contributed by atoms with van der Waals surface area (Å²) in [7, 11) is 0. The number of rotatable bonds is 6. The average molecular weight is 574 g/mol. The first-order chi connectivity index (χ1) is 20.5. The van der Waals surface area contributed by atoms with Gasteiger partial charge in [-0.25, -0.2) is 9.98 Å². The molecule has 0 spiro atoms. The largest absolute Gasteiger partial charge is 0.461 e. The van der Waals surface area contributed by atoms with Crippen LogP contribution < -0.4 is 15.5 Å². The van der Waals surface area contributed by atoms with Gasteiger partial charge in [0.05, 0.1) is 31.6 Å². The molecule has 3 aliphatic heterocycles. The fraction of sp³-hybridized carbons (Fsp3) is 0.484. The molecule has 3 saturated heterocycles. The number of carbonyl (C=O) groups excluding carboxylic acids is 2. The summed E-state index contributed by atoms with van der Waals surface area (Å²) in [6.07, 6.45) is 6.16. The summed E-state index contributed by atoms with van der Waals surface area (Å²) in [4.78, 5) is 41.9. The van der Waals surface area contributed by atoms with E-state index in [-0.39, 0.29) is 18.4 Å². The minimum atomic E-state index is -0.602. The number of likely N-dealkylation sites (tertiary alicyclic amines) is 2. The number of ether oxygens (including phenoxy) is 1. The fourth-order valence-electron chi connectivity index (χ4n) is 5.81. The van der Waals surface area contributed by atoms with Crippen LogP contribution in [0.15, 0.2) is 52.0 Å². The second kappa shape index (κ2) is 12.8. The second-order valence-corrected chi connectivity index (χ2v) is 11.2. The van der Waals surface area contributed by atoms with Crippen molar-refractivity contribution in [2.24, 2.45) is 4.99 Å². The number of carbonyl (C=O) groups is 2. The van der Waals surface area contributed by atoms with Crippen LogP contribution in [-0.2, 0) is 14.3 Å². The van der Waals surface area contributed by atoms with Gasteiger partial charge >= 0.3 is 0 Å². The topological polar surface area (TPSA) is 116 Å². The molecule has 5 heterocycles. The number of aryl methyl sites for hydroxylation is 1. The number of anilines is 3. The van der Waals surface area contributed by atoms with Crippen LogP contribution in [0.1, 0.15) is 37.9 Å². The molecule has 0 bridgehead atoms. The minimum Gasteiger partial charge on any atom is -0.461 e. The lowest BCUT2D eigenvalue weighted by Crippen LogP contribution is -2.45. The van der Waals surface area contributed by atoms with E-state index in [0.717, 1.165) is 85.8 Å². The summed E-state index contributed by atoms with van der Waals surface area (Å²) < 4.78 is 11.2. The third-order valence-electron chi connectivity index (χ3n) is 8.07. The van der Waals surface area contributed by atoms with Gasteiger partial charge in [-0.05, 0) is 75.4 Å². The summed E-state index contributed by atoms with van der Waals surface area (Å²) in [5.74, 6) is 2.10. The maximum absolute atomic E-state index is 13.7. The smallest absolute Gasteiger partial charge is 0.247 e. The van der Waals surface area contributed by atoms with Gasteiger partial charge in [0.1, 0.15) is 23.2 Å². The van der Waals surface area contributed by atoms with Crippen LogP contribution in [0.2, 0.25) is 0 Å². The molecule has 1 unspecified atom stereocenters. The normalized spacial score (nSPS) is 20.2. The summed E-state index contributed by atoms with van der Waals surface area (Å²) in [5, 5.41) is 7.73. The molecule has 0 saturated carbocycles. The molecule has 3 aliphatic rings. The zero-order chi connectivity index (χ0) is 28.9. The van der Waals surface area contributed by atoms with Gasteiger partial charge in [-0.1, -0.05) is 0 Å². The molecule has 222 valence electrons. The Kier molecular flexibility index (Phi) is 8.55. The zero-order valence-corrected chi connectivity index (χ0v) is 24.2. The molecule has 2 aromatic heterocycles. The van der Waals surface area contributed by atoms with E-state index in [1.54, 1.807) is 11.1 Å². The fourth-order valence-corrected chi connectivity index (χ4v) is 5.81. The molecule has 6 rings (SSSR count). The number of nitrogens with zero attached hydrogens (tertiary/aromatic N) is 5. The molecule has 3 fully saturated rings. The van der Waals surface area contributed by atoms with E-state index < -0.39 is 6.04 Å². The molecule has 0 aliphatic carbocycles. The van der Waals surface area contributed by atoms with E-state index in [2.05, 4.69) is 20.5 Å². The van der Waals surface area contributed by atoms with Crippen molar-refractivity contribution in [1.82, 2.24) is 14.8 Å². The van der Waals surface area contributed by atoms with Gasteiger partial charge in [-0.15, -0.1) is 0 Å². The van der Waals surface area contributed by atoms with Crippen LogP contribution in [0.3, 0.4) is 0 Å². The van der Waals surface area contributed by atoms with Gasteiger partial charge in [0.15, 0.2) is 0 Å². The van der Waals surface area contributed by atoms with Crippen molar-refractivity contribution in [3.8, 4) is 0 Å². The molecule has 11 heteroatoms. The van der Waals surface area contributed by atoms with Crippen molar-refractivity contribution in [2.45, 2.75) is 45.1 Å². The number of nitrogens with one attached hydrogen (secondary N) is 2. The van der Waals surface area contributed by atoms with Crippen molar-refractivity contribution >= 4 is 45.9 Å². The van der Waals surface area contributed by atoms with Crippen LogP contribution in [-0.4, -0.2) is 91.1 Å². The number of hydrogen-bond donors (Lipinski definition) is 2. The number of hydrogen-bond acceptors (Lipinski definition) is 7. The highest BCUT2D eigenvalue weighted by Gasteiger charge is 2.30. The predicted molar refractivity (Wildman–Crippen MR) is 163 cm³/mol. The van der Waals surface area contributed by atoms with Gasteiger partial charge in [0.25, 0.3) is 0 Å². The molecular formula is C31H39N7O4. The van der Waals surface area contributed by atoms with Crippen LogP contribution in [0.5, 0.6) is 0 Å². The summed E-state index contributed by atoms with van der Waals surface area (Å²) in [6.45, 7) is 7.17. The van der Waals surface area contributed by atoms with Crippen molar-refractivity contribution in [2.75, 3.05) is 68.0 Å². The SMILES string of the molecule is Cc1cc2cc(NC(=NC3CCCCN(CC(=O)N4CCCC4)C3=O)Nc3ccc(N4CCOCC4)nc3)ccc2o1. The molecular weight excluding hydrogens is 534 g/mol. The van der Waals surface area contributed by atoms with Gasteiger partial charge in [0, 0.05) is 43.8 Å². The Morgan fingerprint density at radius 1 is 0.976 bits per heavy atom. The first-order valence-electron chi connectivity index (χ1n) is 15.0. The third-order valence-corrected chi connectivity index (χ3v) is 8.07. The van der Waals surface area contributed by atoms with Crippen LogP contribution >= 0.6 is 0 Å². The highest BCUT2D eigenvalue weighted by molar-refractivity contribution is 6.05. The molecule has 0 radical (unpaired) electrons. The van der Waals surface area contributed by atoms with E-state index in [4.69, 9.17) is 14.1 Å². The van der Waals surface area contributed by atoms with Gasteiger partial charge in [0.2, 0.25) is 17.8 Å². The Labute approximate surface area is 245 Å². The maximum Gasteiger partial charge on any atom is 0.247 e. The Hall–Kier alpha value is -4.12. The first-order valence-corrected chi connectivity index (χ1v) is 15.0. The number of morpholine rings is 1. The lowest BCUT2D eigenvalue weighted by atomic mass is 10.1. The number of aliphatic imine (C=N–C) groups is 1. The Morgan fingerprint density at radius 3 is 2.52 bits per heavy atom. The minimum absolute atomic E-state index is 0.0251. The lowest BCUT2D eigenvalue weighted by molar-refractivity contribution is -0.140. The Bertz CT molecular complexity index is 1420. The molecule has 1 aromatic carbocycles. The molecule has 1 atom stereocenters. The maximum atomic E-state index is 13.7. The molecule has 2 N–H and O–H groups in total. The molecule has 3 aromatic rings. The number of benzene rings is 1. The quantitative estimate of drug-likeness (QED) is 0.338. The third kappa shape index (κ3) is 6.67. The number of pyridine rings is 1. The number of amides is 2. The summed E-state index contributed by atoms with van der Waals surface area (Å²) in [5.41, 5.74) is 2.37. The van der Waals surface area contributed by atoms with Crippen LogP contribution in [0, 0.1) is 6.92 Å². The highest BCUT2D eigenvalue weighted by atomic mass is 16.5. The van der Waals surface area contributed by atoms with E-state index in [1.807, 2.05) is 48.2 Å². The Balaban J connectivity index is 1.23. The molecule has 2 amide bonds. The first kappa shape index (κ1) is 28.0. The standard InChI is InChI=1S/C31H39N7O4/c1-22-18-23-19-24(7-9-27(23)42-22)33-31(34-25-8-10-28(32-20-25)36-14-16-41-17-15-36)35-26-6-2-3-13-38(30(26)40)21-29(39)37-11-4-5-12-37/h7-10,18-20,26H,2-6,11-17,21H2,1H3,(H2,33,34,35). The monoisotopic (exact) mass is 573 g/mol. The molecule has 42 heavy (non-hydrogen) atoms. The molecule has 11 nitrogen and oxygen atoms in total. The van der Waals surface area contributed by atoms with E-state index >= 15 is 0 Å². The number of furan rings is 1. The predicted octanol–water partition coefficient (Wildman–Crippen LogP) is 3.86. The zero-order valence-electron chi connectivity index (χ0n) is 24.2. The van der Waals surface area contributed by atoms with Crippen molar-refractivity contribution in [3.05, 3.63) is 48.4 Å². The van der Waals surface area contributed by atoms with E-state index in [0.29, 0.717) is 32.1 Å². The average Bonchev–Trinajstić information content (AvgIpc) is 3.64. The summed E-state index contributed by atoms with van der Waals surface area (Å²) >= 11 is 0. The Morgan fingerprint density at radius 2 is 1.74 bits per heavy atom. The lowest BCUT2D eigenvalue weighted by Gasteiger charge is -2.27. The van der Waals surface area contributed by atoms with Crippen LogP contribution in [0.25, 0.3) is 11.0 Å². The van der Waals surface area contributed by atoms with Crippen molar-refractivity contribution < 1.29 is 18.7 Å². The van der Waals surface area contributed by atoms with Crippen molar-refractivity contribution in [3.63, 3.8) is 0 Å². The van der Waals surface area contributed by atoms with Crippen molar-refractivity contribution in [1.29, 1.82) is 0 Å². The van der Waals surface area contributed by atoms with Gasteiger partial charge in [-0.3, -0.25) is 9.59 Å². The summed E-state index contributed by atoms with van der Waals surface area (Å²) in [6, 6.07) is 11.2.